The number of nitrogens with two attached hydrogens (primary N) is 1. The number of piperidine rings is 1. The summed E-state index contributed by atoms with van der Waals surface area (Å²) in [5.41, 5.74) is 8.71. The first kappa shape index (κ1) is 13.3. The summed E-state index contributed by atoms with van der Waals surface area (Å²) < 4.78 is 1.95. The zero-order chi connectivity index (χ0) is 13.8. The van der Waals surface area contributed by atoms with E-state index in [0.29, 0.717) is 6.04 Å². The Bertz CT molecular complexity index is 535. The molecule has 1 saturated heterocycles. The van der Waals surface area contributed by atoms with E-state index in [9.17, 15) is 0 Å². The fraction of sp³-hybridized carbons (Fsp3) is 0.438. The van der Waals surface area contributed by atoms with Crippen LogP contribution < -0.4 is 5.73 Å². The van der Waals surface area contributed by atoms with Crippen molar-refractivity contribution in [3.63, 3.8) is 0 Å². The van der Waals surface area contributed by atoms with E-state index in [1.54, 1.807) is 0 Å². The van der Waals surface area contributed by atoms with Crippen molar-refractivity contribution in [1.29, 1.82) is 0 Å². The topological polar surface area (TPSA) is 47.1 Å². The van der Waals surface area contributed by atoms with Crippen molar-refractivity contribution in [2.75, 3.05) is 13.1 Å². The molecule has 3 rings (SSSR count). The third-order valence-corrected chi connectivity index (χ3v) is 3.84. The van der Waals surface area contributed by atoms with Gasteiger partial charge < -0.3 is 5.73 Å². The molecule has 0 radical (unpaired) electrons. The molecule has 2 heterocycles. The number of benzene rings is 1. The van der Waals surface area contributed by atoms with Crippen molar-refractivity contribution in [3.8, 4) is 0 Å². The highest BCUT2D eigenvalue weighted by Crippen LogP contribution is 2.14. The minimum Gasteiger partial charge on any atom is -0.327 e. The molecule has 1 aromatic heterocycles. The van der Waals surface area contributed by atoms with E-state index >= 15 is 0 Å². The first-order valence-corrected chi connectivity index (χ1v) is 7.33. The molecule has 0 aliphatic carbocycles. The van der Waals surface area contributed by atoms with Crippen LogP contribution in [0, 0.1) is 0 Å². The van der Waals surface area contributed by atoms with Crippen LogP contribution in [0.4, 0.5) is 0 Å². The maximum Gasteiger partial charge on any atom is 0.0659 e. The summed E-state index contributed by atoms with van der Waals surface area (Å²) in [6.45, 7) is 4.02. The van der Waals surface area contributed by atoms with Gasteiger partial charge in [0, 0.05) is 31.5 Å². The van der Waals surface area contributed by atoms with Crippen LogP contribution in [0.2, 0.25) is 0 Å². The molecule has 0 bridgehead atoms. The maximum absolute atomic E-state index is 6.05. The van der Waals surface area contributed by atoms with Crippen LogP contribution >= 0.6 is 0 Å². The third-order valence-electron chi connectivity index (χ3n) is 3.84. The van der Waals surface area contributed by atoms with Crippen LogP contribution in [0.5, 0.6) is 0 Å². The summed E-state index contributed by atoms with van der Waals surface area (Å²) in [6.07, 6.45) is 6.19. The molecular formula is C16H22N4. The van der Waals surface area contributed by atoms with Crippen molar-refractivity contribution in [2.24, 2.45) is 5.73 Å². The van der Waals surface area contributed by atoms with Gasteiger partial charge in [-0.25, -0.2) is 0 Å². The lowest BCUT2D eigenvalue weighted by Gasteiger charge is -2.30. The zero-order valence-electron chi connectivity index (χ0n) is 11.8. The molecule has 4 nitrogen and oxygen atoms in total. The number of hydrogen-bond donors (Lipinski definition) is 1. The molecule has 1 atom stereocenters. The molecule has 106 valence electrons. The van der Waals surface area contributed by atoms with Crippen molar-refractivity contribution < 1.29 is 0 Å². The first-order valence-electron chi connectivity index (χ1n) is 7.33. The van der Waals surface area contributed by atoms with Gasteiger partial charge in [-0.3, -0.25) is 9.58 Å². The fourth-order valence-corrected chi connectivity index (χ4v) is 2.90. The Morgan fingerprint density at radius 2 is 2.05 bits per heavy atom. The number of rotatable bonds is 4. The second-order valence-corrected chi connectivity index (χ2v) is 5.66. The Balaban J connectivity index is 1.65. The van der Waals surface area contributed by atoms with Crippen LogP contribution in [-0.4, -0.2) is 33.8 Å². The van der Waals surface area contributed by atoms with Gasteiger partial charge in [0.1, 0.15) is 0 Å². The Hall–Kier alpha value is -1.65. The molecule has 0 amide bonds. The van der Waals surface area contributed by atoms with Crippen molar-refractivity contribution in [1.82, 2.24) is 14.7 Å². The van der Waals surface area contributed by atoms with Crippen molar-refractivity contribution in [2.45, 2.75) is 32.0 Å². The van der Waals surface area contributed by atoms with E-state index in [-0.39, 0.29) is 0 Å². The molecular weight excluding hydrogens is 248 g/mol. The molecule has 20 heavy (non-hydrogen) atoms. The largest absolute Gasteiger partial charge is 0.327 e. The third kappa shape index (κ3) is 3.46. The van der Waals surface area contributed by atoms with Crippen LogP contribution in [-0.2, 0) is 13.1 Å². The predicted molar refractivity (Wildman–Crippen MR) is 80.3 cm³/mol. The van der Waals surface area contributed by atoms with Gasteiger partial charge >= 0.3 is 0 Å². The molecule has 2 aromatic rings. The molecule has 4 heteroatoms. The van der Waals surface area contributed by atoms with Crippen LogP contribution in [0.15, 0.2) is 42.7 Å². The summed E-state index contributed by atoms with van der Waals surface area (Å²) in [6, 6.07) is 11.1. The summed E-state index contributed by atoms with van der Waals surface area (Å²) in [7, 11) is 0. The van der Waals surface area contributed by atoms with Gasteiger partial charge in [0.05, 0.1) is 6.54 Å². The lowest BCUT2D eigenvalue weighted by Crippen LogP contribution is -2.42. The van der Waals surface area contributed by atoms with Gasteiger partial charge in [0.2, 0.25) is 0 Å². The number of likely N-dealkylation sites (tertiary alicyclic amines) is 1. The van der Waals surface area contributed by atoms with E-state index in [1.807, 2.05) is 23.1 Å². The van der Waals surface area contributed by atoms with Gasteiger partial charge in [-0.15, -0.1) is 0 Å². The molecule has 1 unspecified atom stereocenters. The predicted octanol–water partition coefficient (Wildman–Crippen LogP) is 1.85. The van der Waals surface area contributed by atoms with E-state index in [0.717, 1.165) is 32.6 Å². The van der Waals surface area contributed by atoms with Gasteiger partial charge in [-0.05, 0) is 36.6 Å². The minimum atomic E-state index is 0.344. The normalized spacial score (nSPS) is 20.1. The fourth-order valence-electron chi connectivity index (χ4n) is 2.90. The summed E-state index contributed by atoms with van der Waals surface area (Å²) in [5.74, 6) is 0. The van der Waals surface area contributed by atoms with E-state index in [1.165, 1.54) is 17.5 Å². The second-order valence-electron chi connectivity index (χ2n) is 5.66. The van der Waals surface area contributed by atoms with Gasteiger partial charge in [-0.1, -0.05) is 24.3 Å². The van der Waals surface area contributed by atoms with Crippen molar-refractivity contribution >= 4 is 0 Å². The molecule has 1 aliphatic heterocycles. The maximum atomic E-state index is 6.05. The molecule has 2 N–H and O–H groups in total. The SMILES string of the molecule is NC1CCCN(Cc2cccc(Cn3cccn3)c2)C1. The molecule has 1 aliphatic rings. The summed E-state index contributed by atoms with van der Waals surface area (Å²) in [4.78, 5) is 2.46. The highest BCUT2D eigenvalue weighted by Gasteiger charge is 2.16. The van der Waals surface area contributed by atoms with Crippen LogP contribution in [0.25, 0.3) is 0 Å². The zero-order valence-corrected chi connectivity index (χ0v) is 11.8. The van der Waals surface area contributed by atoms with Gasteiger partial charge in [0.25, 0.3) is 0 Å². The highest BCUT2D eigenvalue weighted by atomic mass is 15.3. The van der Waals surface area contributed by atoms with Crippen LogP contribution in [0.3, 0.4) is 0 Å². The van der Waals surface area contributed by atoms with E-state index in [2.05, 4.69) is 34.3 Å². The highest BCUT2D eigenvalue weighted by molar-refractivity contribution is 5.23. The van der Waals surface area contributed by atoms with E-state index in [4.69, 9.17) is 5.73 Å². The molecule has 1 aromatic carbocycles. The lowest BCUT2D eigenvalue weighted by molar-refractivity contribution is 0.201. The standard InChI is InChI=1S/C16H22N4/c17-16-6-2-8-19(13-16)11-14-4-1-5-15(10-14)12-20-9-3-7-18-20/h1,3-5,7,9-10,16H,2,6,8,11-13,17H2. The smallest absolute Gasteiger partial charge is 0.0659 e. The number of nitrogens with zero attached hydrogens (tertiary/aromatic N) is 3. The Labute approximate surface area is 120 Å². The summed E-state index contributed by atoms with van der Waals surface area (Å²) >= 11 is 0. The Kier molecular flexibility index (Phi) is 4.14. The minimum absolute atomic E-state index is 0.344. The van der Waals surface area contributed by atoms with E-state index < -0.39 is 0 Å². The first-order chi connectivity index (χ1) is 9.79. The van der Waals surface area contributed by atoms with Gasteiger partial charge in [-0.2, -0.15) is 5.10 Å². The average molecular weight is 270 g/mol. The molecule has 0 saturated carbocycles. The van der Waals surface area contributed by atoms with Crippen molar-refractivity contribution in [3.05, 3.63) is 53.9 Å². The number of hydrogen-bond acceptors (Lipinski definition) is 3. The summed E-state index contributed by atoms with van der Waals surface area (Å²) in [5, 5.41) is 4.26. The van der Waals surface area contributed by atoms with Gasteiger partial charge in [0.15, 0.2) is 0 Å². The number of aromatic nitrogens is 2. The second kappa shape index (κ2) is 6.20. The molecule has 0 spiro atoms. The quantitative estimate of drug-likeness (QED) is 0.922. The lowest BCUT2D eigenvalue weighted by atomic mass is 10.0. The molecule has 1 fully saturated rings. The Morgan fingerprint density at radius 3 is 2.80 bits per heavy atom. The average Bonchev–Trinajstić information content (AvgIpc) is 2.92. The van der Waals surface area contributed by atoms with Crippen LogP contribution in [0.1, 0.15) is 24.0 Å². The monoisotopic (exact) mass is 270 g/mol. The Morgan fingerprint density at radius 1 is 1.20 bits per heavy atom.